The summed E-state index contributed by atoms with van der Waals surface area (Å²) in [5.41, 5.74) is -1.53. The predicted molar refractivity (Wildman–Crippen MR) is 92.6 cm³/mol. The first-order valence-electron chi connectivity index (χ1n) is 9.94. The Labute approximate surface area is 154 Å². The van der Waals surface area contributed by atoms with E-state index in [1.54, 1.807) is 0 Å². The van der Waals surface area contributed by atoms with Crippen molar-refractivity contribution in [3.05, 3.63) is 0 Å². The Morgan fingerprint density at radius 2 is 1.81 bits per heavy atom. The summed E-state index contributed by atoms with van der Waals surface area (Å²) in [6.07, 6.45) is 9.07. The van der Waals surface area contributed by atoms with E-state index >= 15 is 0 Å². The van der Waals surface area contributed by atoms with E-state index in [0.717, 1.165) is 38.5 Å². The standard InChI is InChI=1S/C20H28N2O4/c21-13-19(3-1-2-4-19)22-16(23)11-26-17(24)10-18-6-14-5-15(7-18)9-20(25,8-14)12-18/h14-15,25H,1-12H2,(H,22,23)/t14-,15+,18?,20?. The number of nitriles is 1. The van der Waals surface area contributed by atoms with E-state index in [2.05, 4.69) is 11.4 Å². The van der Waals surface area contributed by atoms with E-state index in [1.807, 2.05) is 0 Å². The van der Waals surface area contributed by atoms with Crippen molar-refractivity contribution in [1.82, 2.24) is 5.32 Å². The first kappa shape index (κ1) is 17.8. The number of nitrogens with one attached hydrogen (secondary N) is 1. The van der Waals surface area contributed by atoms with Crippen molar-refractivity contribution in [2.75, 3.05) is 6.61 Å². The molecule has 0 spiro atoms. The van der Waals surface area contributed by atoms with Gasteiger partial charge in [-0.1, -0.05) is 0 Å². The van der Waals surface area contributed by atoms with Gasteiger partial charge in [0.2, 0.25) is 0 Å². The molecule has 5 aliphatic carbocycles. The van der Waals surface area contributed by atoms with Gasteiger partial charge in [0.1, 0.15) is 5.54 Å². The monoisotopic (exact) mass is 360 g/mol. The van der Waals surface area contributed by atoms with Crippen molar-refractivity contribution in [2.24, 2.45) is 17.3 Å². The van der Waals surface area contributed by atoms with Gasteiger partial charge in [0.05, 0.1) is 18.1 Å². The highest BCUT2D eigenvalue weighted by Crippen LogP contribution is 2.62. The predicted octanol–water partition coefficient (Wildman–Crippen LogP) is 2.20. The SMILES string of the molecule is N#CC1(NC(=O)COC(=O)CC23C[C@@H]4C[C@@H](CC(O)(C4)C2)C3)CCCC1. The fourth-order valence-electron chi connectivity index (χ4n) is 6.66. The highest BCUT2D eigenvalue weighted by Gasteiger charge is 2.57. The van der Waals surface area contributed by atoms with Gasteiger partial charge in [-0.2, -0.15) is 5.26 Å². The van der Waals surface area contributed by atoms with E-state index in [0.29, 0.717) is 37.5 Å². The first-order valence-corrected chi connectivity index (χ1v) is 9.94. The molecule has 0 radical (unpaired) electrons. The summed E-state index contributed by atoms with van der Waals surface area (Å²) in [6.45, 7) is -0.324. The molecule has 0 heterocycles. The maximum Gasteiger partial charge on any atom is 0.306 e. The van der Waals surface area contributed by atoms with Gasteiger partial charge >= 0.3 is 5.97 Å². The Kier molecular flexibility index (Phi) is 4.26. The summed E-state index contributed by atoms with van der Waals surface area (Å²) in [5.74, 6) is 0.291. The van der Waals surface area contributed by atoms with E-state index in [9.17, 15) is 20.0 Å². The molecule has 4 atom stereocenters. The molecule has 5 rings (SSSR count). The number of carbonyl (C=O) groups excluding carboxylic acids is 2. The second kappa shape index (κ2) is 6.23. The van der Waals surface area contributed by atoms with Crippen LogP contribution in [0.1, 0.15) is 70.6 Å². The van der Waals surface area contributed by atoms with Gasteiger partial charge in [0, 0.05) is 0 Å². The molecule has 5 saturated carbocycles. The van der Waals surface area contributed by atoms with E-state index < -0.39 is 17.0 Å². The lowest BCUT2D eigenvalue weighted by atomic mass is 9.47. The summed E-state index contributed by atoms with van der Waals surface area (Å²) in [4.78, 5) is 24.5. The molecule has 5 aliphatic rings. The van der Waals surface area contributed by atoms with Crippen molar-refractivity contribution in [2.45, 2.75) is 81.8 Å². The van der Waals surface area contributed by atoms with E-state index in [4.69, 9.17) is 4.74 Å². The second-order valence-electron chi connectivity index (χ2n) is 9.47. The molecular formula is C20H28N2O4. The van der Waals surface area contributed by atoms with Crippen LogP contribution in [0, 0.1) is 28.6 Å². The molecular weight excluding hydrogens is 332 g/mol. The number of hydrogen-bond acceptors (Lipinski definition) is 5. The van der Waals surface area contributed by atoms with Crippen LogP contribution in [0.3, 0.4) is 0 Å². The second-order valence-corrected chi connectivity index (χ2v) is 9.47. The maximum atomic E-state index is 12.4. The van der Waals surface area contributed by atoms with Crippen LogP contribution in [0.25, 0.3) is 0 Å². The maximum absolute atomic E-state index is 12.4. The number of amides is 1. The van der Waals surface area contributed by atoms with Gasteiger partial charge < -0.3 is 15.2 Å². The van der Waals surface area contributed by atoms with Crippen molar-refractivity contribution < 1.29 is 19.4 Å². The van der Waals surface area contributed by atoms with Crippen LogP contribution in [0.15, 0.2) is 0 Å². The molecule has 26 heavy (non-hydrogen) atoms. The molecule has 6 nitrogen and oxygen atoms in total. The van der Waals surface area contributed by atoms with Crippen LogP contribution >= 0.6 is 0 Å². The van der Waals surface area contributed by atoms with Crippen LogP contribution in [0.4, 0.5) is 0 Å². The quantitative estimate of drug-likeness (QED) is 0.732. The Bertz CT molecular complexity index is 633. The largest absolute Gasteiger partial charge is 0.456 e. The molecule has 6 heteroatoms. The summed E-state index contributed by atoms with van der Waals surface area (Å²) in [7, 11) is 0. The molecule has 142 valence electrons. The van der Waals surface area contributed by atoms with Gasteiger partial charge in [-0.15, -0.1) is 0 Å². The van der Waals surface area contributed by atoms with Crippen molar-refractivity contribution in [3.63, 3.8) is 0 Å². The highest BCUT2D eigenvalue weighted by atomic mass is 16.5. The highest BCUT2D eigenvalue weighted by molar-refractivity contribution is 5.81. The number of aliphatic hydroxyl groups is 1. The molecule has 5 fully saturated rings. The molecule has 0 aliphatic heterocycles. The number of esters is 1. The first-order chi connectivity index (χ1) is 12.3. The van der Waals surface area contributed by atoms with Crippen molar-refractivity contribution >= 4 is 11.9 Å². The van der Waals surface area contributed by atoms with Gasteiger partial charge in [0.25, 0.3) is 5.91 Å². The summed E-state index contributed by atoms with van der Waals surface area (Å²) >= 11 is 0. The average molecular weight is 360 g/mol. The lowest BCUT2D eigenvalue weighted by Crippen LogP contribution is -2.56. The summed E-state index contributed by atoms with van der Waals surface area (Å²) in [5, 5.41) is 22.8. The third-order valence-electron chi connectivity index (χ3n) is 7.08. The Morgan fingerprint density at radius 3 is 2.38 bits per heavy atom. The average Bonchev–Trinajstić information content (AvgIpc) is 2.99. The van der Waals surface area contributed by atoms with Gasteiger partial charge in [0.15, 0.2) is 6.61 Å². The number of nitrogens with zero attached hydrogens (tertiary/aromatic N) is 1. The van der Waals surface area contributed by atoms with Crippen molar-refractivity contribution in [1.29, 1.82) is 5.26 Å². The number of ether oxygens (including phenoxy) is 1. The van der Waals surface area contributed by atoms with Gasteiger partial charge in [-0.25, -0.2) is 0 Å². The van der Waals surface area contributed by atoms with Crippen molar-refractivity contribution in [3.8, 4) is 6.07 Å². The van der Waals surface area contributed by atoms with Gasteiger partial charge in [-0.05, 0) is 81.5 Å². The van der Waals surface area contributed by atoms with Gasteiger partial charge in [-0.3, -0.25) is 9.59 Å². The summed E-state index contributed by atoms with van der Waals surface area (Å²) < 4.78 is 5.23. The van der Waals surface area contributed by atoms with Crippen LogP contribution in [0.5, 0.6) is 0 Å². The number of rotatable bonds is 5. The lowest BCUT2D eigenvalue weighted by Gasteiger charge is -2.60. The van der Waals surface area contributed by atoms with Crippen LogP contribution in [-0.2, 0) is 14.3 Å². The van der Waals surface area contributed by atoms with Crippen LogP contribution in [0.2, 0.25) is 0 Å². The lowest BCUT2D eigenvalue weighted by molar-refractivity contribution is -0.177. The number of hydrogen-bond donors (Lipinski definition) is 2. The van der Waals surface area contributed by atoms with E-state index in [1.165, 1.54) is 6.42 Å². The topological polar surface area (TPSA) is 99.4 Å². The zero-order valence-corrected chi connectivity index (χ0v) is 15.3. The number of carbonyl (C=O) groups is 2. The molecule has 2 N–H and O–H groups in total. The molecule has 0 aromatic carbocycles. The molecule has 0 aromatic rings. The molecule has 1 amide bonds. The molecule has 0 aromatic heterocycles. The fourth-order valence-corrected chi connectivity index (χ4v) is 6.66. The molecule has 2 unspecified atom stereocenters. The zero-order chi connectivity index (χ0) is 18.4. The van der Waals surface area contributed by atoms with Crippen LogP contribution < -0.4 is 5.32 Å². The molecule has 0 saturated heterocycles. The zero-order valence-electron chi connectivity index (χ0n) is 15.3. The smallest absolute Gasteiger partial charge is 0.306 e. The Balaban J connectivity index is 1.29. The normalized spacial score (nSPS) is 39.4. The third-order valence-corrected chi connectivity index (χ3v) is 7.08. The minimum Gasteiger partial charge on any atom is -0.456 e. The van der Waals surface area contributed by atoms with Crippen LogP contribution in [-0.4, -0.2) is 34.7 Å². The third kappa shape index (κ3) is 3.34. The Hall–Kier alpha value is -1.61. The minimum atomic E-state index is -0.785. The Morgan fingerprint density at radius 1 is 1.15 bits per heavy atom. The minimum absolute atomic E-state index is 0.147. The van der Waals surface area contributed by atoms with E-state index in [-0.39, 0.29) is 18.0 Å². The summed E-state index contributed by atoms with van der Waals surface area (Å²) in [6, 6.07) is 2.20. The molecule has 4 bridgehead atoms. The fraction of sp³-hybridized carbons (Fsp3) is 0.850.